The Kier molecular flexibility index (Phi) is 14.5. The molecule has 2 saturated heterocycles. The van der Waals surface area contributed by atoms with Crippen molar-refractivity contribution in [3.63, 3.8) is 0 Å². The van der Waals surface area contributed by atoms with Gasteiger partial charge in [-0.2, -0.15) is 0 Å². The number of rotatable bonds is 9. The molecule has 0 aromatic carbocycles. The van der Waals surface area contributed by atoms with Crippen molar-refractivity contribution in [2.75, 3.05) is 13.2 Å². The number of carbonyl (C=O) groups is 3. The molecule has 0 aromatic heterocycles. The van der Waals surface area contributed by atoms with Crippen molar-refractivity contribution < 1.29 is 107 Å². The number of carboxylic acids is 3. The van der Waals surface area contributed by atoms with Crippen LogP contribution in [0, 0.1) is 0 Å². The summed E-state index contributed by atoms with van der Waals surface area (Å²) in [6, 6.07) is 0. The largest absolute Gasteiger partial charge is 3.00 e. The van der Waals surface area contributed by atoms with E-state index in [0.29, 0.717) is 0 Å². The topological polar surface area (TPSA) is 330 Å². The molecule has 0 spiro atoms. The van der Waals surface area contributed by atoms with Crippen molar-refractivity contribution in [1.29, 1.82) is 0 Å². The van der Waals surface area contributed by atoms with Crippen LogP contribution in [0.1, 0.15) is 12.8 Å². The average Bonchev–Trinajstić information content (AvgIpc) is 2.78. The predicted octanol–water partition coefficient (Wildman–Crippen LogP) is -10.7. The molecule has 37 heavy (non-hydrogen) atoms. The molecule has 0 aliphatic carbocycles. The van der Waals surface area contributed by atoms with Crippen molar-refractivity contribution in [3.05, 3.63) is 0 Å². The zero-order chi connectivity index (χ0) is 28.0. The predicted molar refractivity (Wildman–Crippen MR) is 97.8 cm³/mol. The summed E-state index contributed by atoms with van der Waals surface area (Å²) in [6.07, 6.45) is -18.3. The molecule has 0 amide bonds. The van der Waals surface area contributed by atoms with Crippen LogP contribution in [0.2, 0.25) is 0 Å². The van der Waals surface area contributed by atoms with Crippen molar-refractivity contribution >= 4 is 17.9 Å². The van der Waals surface area contributed by atoms with Crippen LogP contribution in [-0.4, -0.2) is 144 Å². The molecule has 9 N–H and O–H groups in total. The monoisotopic (exact) mass is 587 g/mol. The second-order valence-electron chi connectivity index (χ2n) is 7.95. The van der Waals surface area contributed by atoms with Crippen LogP contribution in [0.4, 0.5) is 0 Å². The number of aliphatic carboxylic acids is 3. The van der Waals surface area contributed by atoms with E-state index in [1.54, 1.807) is 0 Å². The van der Waals surface area contributed by atoms with Gasteiger partial charge in [-0.05, 0) is 0 Å². The fourth-order valence-electron chi connectivity index (χ4n) is 3.18. The van der Waals surface area contributed by atoms with Crippen LogP contribution in [0.5, 0.6) is 0 Å². The molecule has 0 aromatic rings. The minimum atomic E-state index is -2.97. The van der Waals surface area contributed by atoms with Crippen molar-refractivity contribution in [1.82, 2.24) is 0 Å². The molecule has 2 aliphatic heterocycles. The van der Waals surface area contributed by atoms with E-state index in [4.69, 9.17) is 29.5 Å². The van der Waals surface area contributed by atoms with E-state index < -0.39 is 111 Å². The second-order valence-corrected chi connectivity index (χ2v) is 7.95. The Hall–Kier alpha value is -1.55. The third-order valence-corrected chi connectivity index (χ3v) is 5.22. The Morgan fingerprint density at radius 1 is 0.676 bits per heavy atom. The van der Waals surface area contributed by atoms with Gasteiger partial charge in [-0.25, -0.2) is 0 Å². The molecule has 0 bridgehead atoms. The number of hydrogen-bond donors (Lipinski definition) is 9. The normalized spacial score (nSPS) is 35.9. The Balaban J connectivity index is 0.000000797. The van der Waals surface area contributed by atoms with Gasteiger partial charge in [0, 0.05) is 24.8 Å². The van der Waals surface area contributed by atoms with Gasteiger partial charge < -0.3 is 89.9 Å². The van der Waals surface area contributed by atoms with Crippen molar-refractivity contribution in [3.8, 4) is 0 Å². The Labute approximate surface area is 218 Å². The maximum absolute atomic E-state index is 10.1. The standard InChI is InChI=1S/C12H22O11.C6H8O7.Fe/c13-1-3-5(15)7(17)9(19)11(21-3)23-12-10(20)8(18)6(16)4(2-14)22-12;7-3(8)1-6(13,5(11)12)2-4(9)10;/h3-20H,1-2H2;13H,1-2H2,(H,7,8)(H,9,10)(H,11,12);/q;;+3/p-3/t3-,4-,5-,6-,7+,8+,9-,10-,11-,12-;;/m1../s1. The SMILES string of the molecule is O=C([O-])CC(O)(CC(=O)[O-])C(=O)[O-].OC[C@H]1O[C@H](O[C@H]2O[C@H](CO)[C@@H](O)[C@H](O)[C@H]2O)[C@H](O)[C@@H](O)[C@@H]1O.[Fe+3]. The van der Waals surface area contributed by atoms with Crippen LogP contribution < -0.4 is 15.3 Å². The Morgan fingerprint density at radius 3 is 1.24 bits per heavy atom. The third kappa shape index (κ3) is 9.30. The van der Waals surface area contributed by atoms with Gasteiger partial charge in [-0.15, -0.1) is 0 Å². The number of hydrogen-bond acceptors (Lipinski definition) is 18. The summed E-state index contributed by atoms with van der Waals surface area (Å²) in [4.78, 5) is 30.0. The van der Waals surface area contributed by atoms with Crippen LogP contribution in [0.3, 0.4) is 0 Å². The Bertz CT molecular complexity index is 698. The summed E-state index contributed by atoms with van der Waals surface area (Å²) in [5.74, 6) is -5.98. The molecule has 2 heterocycles. The first kappa shape index (κ1) is 35.4. The third-order valence-electron chi connectivity index (χ3n) is 5.22. The fourth-order valence-corrected chi connectivity index (χ4v) is 3.18. The Morgan fingerprint density at radius 2 is 1.00 bits per heavy atom. The van der Waals surface area contributed by atoms with Gasteiger partial charge >= 0.3 is 17.1 Å². The van der Waals surface area contributed by atoms with Gasteiger partial charge in [0.25, 0.3) is 0 Å². The van der Waals surface area contributed by atoms with E-state index in [9.17, 15) is 60.3 Å². The van der Waals surface area contributed by atoms with Crippen LogP contribution in [0.25, 0.3) is 0 Å². The van der Waals surface area contributed by atoms with E-state index >= 15 is 0 Å². The summed E-state index contributed by atoms with van der Waals surface area (Å²) in [7, 11) is 0. The number of carboxylic acid groups (broad SMARTS) is 3. The van der Waals surface area contributed by atoms with Crippen molar-refractivity contribution in [2.45, 2.75) is 79.9 Å². The molecule has 10 atom stereocenters. The van der Waals surface area contributed by atoms with E-state index in [-0.39, 0.29) is 17.1 Å². The molecule has 0 saturated carbocycles. The molecule has 2 rings (SSSR count). The fraction of sp³-hybridized carbons (Fsp3) is 0.833. The zero-order valence-corrected chi connectivity index (χ0v) is 19.8. The molecule has 1 radical (unpaired) electrons. The van der Waals surface area contributed by atoms with Crippen LogP contribution >= 0.6 is 0 Å². The van der Waals surface area contributed by atoms with E-state index in [0.717, 1.165) is 0 Å². The first-order valence-electron chi connectivity index (χ1n) is 10.2. The molecular weight excluding hydrogens is 560 g/mol. The van der Waals surface area contributed by atoms with Gasteiger partial charge in [0.15, 0.2) is 12.6 Å². The van der Waals surface area contributed by atoms with E-state index in [1.807, 2.05) is 0 Å². The summed E-state index contributed by atoms with van der Waals surface area (Å²) < 4.78 is 15.3. The molecule has 215 valence electrons. The van der Waals surface area contributed by atoms with Gasteiger partial charge in [0.2, 0.25) is 0 Å². The minimum absolute atomic E-state index is 0. The molecule has 19 heteroatoms. The van der Waals surface area contributed by atoms with Gasteiger partial charge in [0.05, 0.1) is 19.2 Å². The summed E-state index contributed by atoms with van der Waals surface area (Å²) in [6.45, 7) is -1.33. The molecule has 2 aliphatic rings. The number of aliphatic hydroxyl groups is 9. The van der Waals surface area contributed by atoms with Gasteiger partial charge in [-0.1, -0.05) is 0 Å². The first-order valence-corrected chi connectivity index (χ1v) is 10.2. The summed E-state index contributed by atoms with van der Waals surface area (Å²) in [5.41, 5.74) is -2.97. The summed E-state index contributed by atoms with van der Waals surface area (Å²) in [5, 5.41) is 115. The van der Waals surface area contributed by atoms with E-state index in [1.165, 1.54) is 0 Å². The quantitative estimate of drug-likeness (QED) is 0.113. The minimum Gasteiger partial charge on any atom is -0.550 e. The maximum Gasteiger partial charge on any atom is 3.00 e. The van der Waals surface area contributed by atoms with Crippen molar-refractivity contribution in [2.24, 2.45) is 0 Å². The number of aliphatic hydroxyl groups excluding tert-OH is 8. The maximum atomic E-state index is 10.1. The zero-order valence-electron chi connectivity index (χ0n) is 18.7. The molecule has 0 unspecified atom stereocenters. The average molecular weight is 587 g/mol. The van der Waals surface area contributed by atoms with Gasteiger partial charge in [-0.3, -0.25) is 0 Å². The second kappa shape index (κ2) is 15.1. The molecular formula is C18H27FeO18. The molecule has 18 nitrogen and oxygen atoms in total. The first-order chi connectivity index (χ1) is 16.6. The number of ether oxygens (including phenoxy) is 3. The summed E-state index contributed by atoms with van der Waals surface area (Å²) >= 11 is 0. The molecule has 2 fully saturated rings. The smallest absolute Gasteiger partial charge is 0.550 e. The van der Waals surface area contributed by atoms with Crippen LogP contribution in [-0.2, 0) is 45.7 Å². The number of carbonyl (C=O) groups excluding carboxylic acids is 3. The van der Waals surface area contributed by atoms with Crippen LogP contribution in [0.15, 0.2) is 0 Å². The van der Waals surface area contributed by atoms with E-state index in [2.05, 4.69) is 0 Å². The van der Waals surface area contributed by atoms with Gasteiger partial charge in [0.1, 0.15) is 54.4 Å².